The number of sulfone groups is 1. The summed E-state index contributed by atoms with van der Waals surface area (Å²) in [6.07, 6.45) is -0.253. The molecule has 0 atom stereocenters. The maximum absolute atomic E-state index is 12.8. The van der Waals surface area contributed by atoms with Gasteiger partial charge in [-0.05, 0) is 55.8 Å². The number of rotatable bonds is 7. The Morgan fingerprint density at radius 1 is 1.04 bits per heavy atom. The Labute approximate surface area is 157 Å². The smallest absolute Gasteiger partial charge is 0.338 e. The van der Waals surface area contributed by atoms with Crippen molar-refractivity contribution < 1.29 is 27.1 Å². The minimum Gasteiger partial charge on any atom is -0.459 e. The van der Waals surface area contributed by atoms with Crippen molar-refractivity contribution in [2.45, 2.75) is 25.7 Å². The van der Waals surface area contributed by atoms with Gasteiger partial charge in [0.05, 0.1) is 17.4 Å². The lowest BCUT2D eigenvalue weighted by Gasteiger charge is -2.09. The number of halogens is 1. The maximum Gasteiger partial charge on any atom is 0.338 e. The third-order valence-corrected chi connectivity index (χ3v) is 4.87. The minimum absolute atomic E-state index is 0.253. The first kappa shape index (κ1) is 20.6. The zero-order chi connectivity index (χ0) is 20.0. The monoisotopic (exact) mass is 393 g/mol. The molecule has 0 spiro atoms. The zero-order valence-corrected chi connectivity index (χ0v) is 15.8. The van der Waals surface area contributed by atoms with Gasteiger partial charge in [-0.25, -0.2) is 17.6 Å². The molecule has 0 heterocycles. The van der Waals surface area contributed by atoms with E-state index >= 15 is 0 Å². The highest BCUT2D eigenvalue weighted by Crippen LogP contribution is 2.12. The van der Waals surface area contributed by atoms with Gasteiger partial charge in [0.25, 0.3) is 0 Å². The number of carbonyl (C=O) groups excluding carboxylic acids is 2. The lowest BCUT2D eigenvalue weighted by atomic mass is 10.1. The fraction of sp³-hybridized carbons (Fsp3) is 0.263. The standard InChI is InChI=1S/C19H20FNO5S/c1-13(2)26-19(23)15-5-3-14(4-6-15)11-27(24,25)12-18(22)21-17-9-7-16(20)8-10-17/h3-10,13H,11-12H2,1-2H3,(H,21,22). The summed E-state index contributed by atoms with van der Waals surface area (Å²) in [6.45, 7) is 3.46. The van der Waals surface area contributed by atoms with Crippen LogP contribution in [0.5, 0.6) is 0 Å². The van der Waals surface area contributed by atoms with Gasteiger partial charge in [0.2, 0.25) is 5.91 Å². The lowest BCUT2D eigenvalue weighted by molar-refractivity contribution is -0.113. The Morgan fingerprint density at radius 2 is 1.63 bits per heavy atom. The van der Waals surface area contributed by atoms with Gasteiger partial charge in [0, 0.05) is 5.69 Å². The molecule has 0 unspecified atom stereocenters. The minimum atomic E-state index is -3.72. The Kier molecular flexibility index (Phi) is 6.68. The molecule has 0 saturated carbocycles. The van der Waals surface area contributed by atoms with E-state index in [1.807, 2.05) is 0 Å². The molecule has 0 fully saturated rings. The van der Waals surface area contributed by atoms with Crippen LogP contribution < -0.4 is 5.32 Å². The second-order valence-corrected chi connectivity index (χ2v) is 8.30. The third-order valence-electron chi connectivity index (χ3n) is 3.40. The zero-order valence-electron chi connectivity index (χ0n) is 14.9. The van der Waals surface area contributed by atoms with E-state index in [2.05, 4.69) is 5.32 Å². The largest absolute Gasteiger partial charge is 0.459 e. The highest BCUT2D eigenvalue weighted by molar-refractivity contribution is 7.91. The van der Waals surface area contributed by atoms with Crippen molar-refractivity contribution in [1.82, 2.24) is 0 Å². The molecular weight excluding hydrogens is 373 g/mol. The molecule has 2 aromatic rings. The quantitative estimate of drug-likeness (QED) is 0.731. The molecule has 0 aliphatic carbocycles. The normalized spacial score (nSPS) is 11.3. The number of hydrogen-bond donors (Lipinski definition) is 1. The summed E-state index contributed by atoms with van der Waals surface area (Å²) < 4.78 is 42.3. The van der Waals surface area contributed by atoms with Crippen LogP contribution >= 0.6 is 0 Å². The van der Waals surface area contributed by atoms with Crippen molar-refractivity contribution in [3.05, 3.63) is 65.5 Å². The first-order chi connectivity index (χ1) is 12.6. The predicted molar refractivity (Wildman–Crippen MR) is 99.5 cm³/mol. The Hall–Kier alpha value is -2.74. The summed E-state index contributed by atoms with van der Waals surface area (Å²) in [5.74, 6) is -2.71. The molecule has 0 aliphatic rings. The molecule has 2 rings (SSSR count). The van der Waals surface area contributed by atoms with Gasteiger partial charge in [0.1, 0.15) is 11.6 Å². The van der Waals surface area contributed by atoms with Crippen LogP contribution in [-0.4, -0.2) is 32.2 Å². The van der Waals surface area contributed by atoms with Crippen molar-refractivity contribution in [3.8, 4) is 0 Å². The van der Waals surface area contributed by atoms with Crippen LogP contribution in [0.25, 0.3) is 0 Å². The number of amides is 1. The molecule has 0 aromatic heterocycles. The Balaban J connectivity index is 1.96. The number of benzene rings is 2. The molecule has 6 nitrogen and oxygen atoms in total. The van der Waals surface area contributed by atoms with Crippen molar-refractivity contribution in [1.29, 1.82) is 0 Å². The first-order valence-corrected chi connectivity index (χ1v) is 10.0. The number of nitrogens with one attached hydrogen (secondary N) is 1. The predicted octanol–water partition coefficient (Wildman–Crippen LogP) is 2.94. The number of anilines is 1. The second kappa shape index (κ2) is 8.77. The van der Waals surface area contributed by atoms with Gasteiger partial charge in [-0.2, -0.15) is 0 Å². The highest BCUT2D eigenvalue weighted by atomic mass is 32.2. The molecule has 1 N–H and O–H groups in total. The lowest BCUT2D eigenvalue weighted by Crippen LogP contribution is -2.24. The molecular formula is C19H20FNO5S. The van der Waals surface area contributed by atoms with E-state index < -0.39 is 33.3 Å². The molecule has 27 heavy (non-hydrogen) atoms. The molecule has 2 aromatic carbocycles. The summed E-state index contributed by atoms with van der Waals surface area (Å²) in [4.78, 5) is 23.7. The van der Waals surface area contributed by atoms with E-state index in [-0.39, 0.29) is 11.9 Å². The first-order valence-electron chi connectivity index (χ1n) is 8.20. The van der Waals surface area contributed by atoms with Crippen molar-refractivity contribution in [2.24, 2.45) is 0 Å². The van der Waals surface area contributed by atoms with Crippen molar-refractivity contribution in [2.75, 3.05) is 11.1 Å². The van der Waals surface area contributed by atoms with Gasteiger partial charge < -0.3 is 10.1 Å². The summed E-state index contributed by atoms with van der Waals surface area (Å²) >= 11 is 0. The second-order valence-electron chi connectivity index (χ2n) is 6.24. The molecule has 1 amide bonds. The highest BCUT2D eigenvalue weighted by Gasteiger charge is 2.18. The fourth-order valence-electron chi connectivity index (χ4n) is 2.25. The van der Waals surface area contributed by atoms with Crippen LogP contribution in [0.1, 0.15) is 29.8 Å². The third kappa shape index (κ3) is 6.82. The van der Waals surface area contributed by atoms with Crippen LogP contribution in [-0.2, 0) is 25.1 Å². The summed E-state index contributed by atoms with van der Waals surface area (Å²) in [5, 5.41) is 2.41. The number of ether oxygens (including phenoxy) is 1. The summed E-state index contributed by atoms with van der Waals surface area (Å²) in [7, 11) is -3.72. The number of hydrogen-bond acceptors (Lipinski definition) is 5. The summed E-state index contributed by atoms with van der Waals surface area (Å²) in [6, 6.07) is 11.0. The van der Waals surface area contributed by atoms with E-state index in [4.69, 9.17) is 4.74 Å². The fourth-order valence-corrected chi connectivity index (χ4v) is 3.53. The molecule has 144 valence electrons. The molecule has 8 heteroatoms. The molecule has 0 bridgehead atoms. The van der Waals surface area contributed by atoms with Crippen LogP contribution in [0.15, 0.2) is 48.5 Å². The molecule has 0 saturated heterocycles. The van der Waals surface area contributed by atoms with Crippen LogP contribution in [0.3, 0.4) is 0 Å². The average Bonchev–Trinajstić information content (AvgIpc) is 2.56. The summed E-state index contributed by atoms with van der Waals surface area (Å²) in [5.41, 5.74) is 1.08. The van der Waals surface area contributed by atoms with Crippen molar-refractivity contribution in [3.63, 3.8) is 0 Å². The van der Waals surface area contributed by atoms with Crippen LogP contribution in [0, 0.1) is 5.82 Å². The number of carbonyl (C=O) groups is 2. The van der Waals surface area contributed by atoms with Gasteiger partial charge in [-0.3, -0.25) is 4.79 Å². The number of esters is 1. The SMILES string of the molecule is CC(C)OC(=O)c1ccc(CS(=O)(=O)CC(=O)Nc2ccc(F)cc2)cc1. The van der Waals surface area contributed by atoms with E-state index in [9.17, 15) is 22.4 Å². The van der Waals surface area contributed by atoms with Gasteiger partial charge in [0.15, 0.2) is 9.84 Å². The van der Waals surface area contributed by atoms with Gasteiger partial charge >= 0.3 is 5.97 Å². The Bertz CT molecular complexity index is 906. The van der Waals surface area contributed by atoms with E-state index in [1.165, 1.54) is 36.4 Å². The Morgan fingerprint density at radius 3 is 2.19 bits per heavy atom. The van der Waals surface area contributed by atoms with Crippen LogP contribution in [0.2, 0.25) is 0 Å². The van der Waals surface area contributed by atoms with E-state index in [0.29, 0.717) is 16.8 Å². The molecule has 0 radical (unpaired) electrons. The van der Waals surface area contributed by atoms with Gasteiger partial charge in [-0.1, -0.05) is 12.1 Å². The average molecular weight is 393 g/mol. The van der Waals surface area contributed by atoms with Gasteiger partial charge in [-0.15, -0.1) is 0 Å². The maximum atomic E-state index is 12.8. The van der Waals surface area contributed by atoms with E-state index in [1.54, 1.807) is 13.8 Å². The van der Waals surface area contributed by atoms with Crippen molar-refractivity contribution >= 4 is 27.4 Å². The topological polar surface area (TPSA) is 89.5 Å². The molecule has 0 aliphatic heterocycles. The van der Waals surface area contributed by atoms with Crippen LogP contribution in [0.4, 0.5) is 10.1 Å². The van der Waals surface area contributed by atoms with E-state index in [0.717, 1.165) is 12.1 Å².